The van der Waals surface area contributed by atoms with E-state index in [1.165, 1.54) is 16.7 Å². The van der Waals surface area contributed by atoms with Gasteiger partial charge < -0.3 is 5.32 Å². The maximum Gasteiger partial charge on any atom is 0.247 e. The number of carbonyl (C=O) groups excluding carboxylic acids is 3. The summed E-state index contributed by atoms with van der Waals surface area (Å²) in [5.74, 6) is -0.545. The molecule has 0 aliphatic carbocycles. The summed E-state index contributed by atoms with van der Waals surface area (Å²) in [6, 6.07) is 16.4. The Labute approximate surface area is 150 Å². The molecule has 128 valence electrons. The summed E-state index contributed by atoms with van der Waals surface area (Å²) >= 11 is 1.20. The molecule has 0 bridgehead atoms. The van der Waals surface area contributed by atoms with Crippen molar-refractivity contribution in [3.05, 3.63) is 60.2 Å². The van der Waals surface area contributed by atoms with Crippen LogP contribution >= 0.6 is 11.8 Å². The Kier molecular flexibility index (Phi) is 5.19. The quantitative estimate of drug-likeness (QED) is 0.838. The first-order valence-corrected chi connectivity index (χ1v) is 9.00. The summed E-state index contributed by atoms with van der Waals surface area (Å²) in [6.45, 7) is 1.92. The van der Waals surface area contributed by atoms with E-state index in [1.54, 1.807) is 24.3 Å². The summed E-state index contributed by atoms with van der Waals surface area (Å²) in [5, 5.41) is 2.32. The van der Waals surface area contributed by atoms with Gasteiger partial charge in [-0.1, -0.05) is 36.4 Å². The van der Waals surface area contributed by atoms with Crippen LogP contribution in [0.25, 0.3) is 0 Å². The molecule has 1 N–H and O–H groups in total. The molecule has 0 radical (unpaired) electrons. The normalized spacial score (nSPS) is 17.0. The van der Waals surface area contributed by atoms with E-state index >= 15 is 0 Å². The number of benzene rings is 2. The largest absolute Gasteiger partial charge is 0.325 e. The highest BCUT2D eigenvalue weighted by molar-refractivity contribution is 8.01. The second-order valence-corrected chi connectivity index (χ2v) is 6.96. The summed E-state index contributed by atoms with van der Waals surface area (Å²) < 4.78 is 0. The van der Waals surface area contributed by atoms with Crippen molar-refractivity contribution in [3.63, 3.8) is 0 Å². The van der Waals surface area contributed by atoms with Crippen molar-refractivity contribution in [1.29, 1.82) is 0 Å². The Morgan fingerprint density at radius 1 is 1.12 bits per heavy atom. The number of rotatable bonds is 5. The first-order valence-electron chi connectivity index (χ1n) is 7.95. The standard InChI is InChI=1S/C19H18N2O3S/c1-13-7-5-6-10-15(13)20-17(22)12-25-16-11-18(23)21(19(16)24)14-8-3-2-4-9-14/h2-10,16H,11-12H2,1H3,(H,20,22). The Morgan fingerprint density at radius 3 is 2.52 bits per heavy atom. The average molecular weight is 354 g/mol. The highest BCUT2D eigenvalue weighted by Gasteiger charge is 2.39. The third-order valence-corrected chi connectivity index (χ3v) is 5.15. The van der Waals surface area contributed by atoms with Crippen molar-refractivity contribution in [1.82, 2.24) is 0 Å². The van der Waals surface area contributed by atoms with E-state index in [2.05, 4.69) is 5.32 Å². The number of amides is 3. The summed E-state index contributed by atoms with van der Waals surface area (Å²) in [4.78, 5) is 38.0. The zero-order valence-corrected chi connectivity index (χ0v) is 14.6. The van der Waals surface area contributed by atoms with E-state index in [0.29, 0.717) is 5.69 Å². The van der Waals surface area contributed by atoms with Gasteiger partial charge in [0.15, 0.2) is 0 Å². The fourth-order valence-electron chi connectivity index (χ4n) is 2.66. The molecule has 2 aromatic carbocycles. The van der Waals surface area contributed by atoms with Gasteiger partial charge in [-0.05, 0) is 30.7 Å². The minimum atomic E-state index is -0.518. The van der Waals surface area contributed by atoms with Crippen LogP contribution in [0.15, 0.2) is 54.6 Å². The van der Waals surface area contributed by atoms with Crippen molar-refractivity contribution >= 4 is 40.9 Å². The van der Waals surface area contributed by atoms with Gasteiger partial charge in [0.25, 0.3) is 0 Å². The highest BCUT2D eigenvalue weighted by Crippen LogP contribution is 2.29. The molecule has 0 saturated carbocycles. The zero-order valence-electron chi connectivity index (χ0n) is 13.8. The maximum absolute atomic E-state index is 12.5. The molecule has 2 aromatic rings. The number of nitrogens with zero attached hydrogens (tertiary/aromatic N) is 1. The van der Waals surface area contributed by atoms with Crippen LogP contribution in [0.1, 0.15) is 12.0 Å². The first kappa shape index (κ1) is 17.2. The molecule has 3 amide bonds. The van der Waals surface area contributed by atoms with E-state index in [9.17, 15) is 14.4 Å². The highest BCUT2D eigenvalue weighted by atomic mass is 32.2. The number of imide groups is 1. The van der Waals surface area contributed by atoms with Gasteiger partial charge >= 0.3 is 0 Å². The van der Waals surface area contributed by atoms with Crippen LogP contribution in [0.3, 0.4) is 0 Å². The van der Waals surface area contributed by atoms with Gasteiger partial charge in [-0.25, -0.2) is 4.90 Å². The number of para-hydroxylation sites is 2. The summed E-state index contributed by atoms with van der Waals surface area (Å²) in [5.41, 5.74) is 2.31. The second-order valence-electron chi connectivity index (χ2n) is 5.77. The monoisotopic (exact) mass is 354 g/mol. The van der Waals surface area contributed by atoms with E-state index < -0.39 is 5.25 Å². The van der Waals surface area contributed by atoms with Gasteiger partial charge in [0.1, 0.15) is 0 Å². The molecule has 3 rings (SSSR count). The lowest BCUT2D eigenvalue weighted by atomic mass is 10.2. The predicted molar refractivity (Wildman–Crippen MR) is 99.6 cm³/mol. The Morgan fingerprint density at radius 2 is 1.80 bits per heavy atom. The number of anilines is 2. The molecular weight excluding hydrogens is 336 g/mol. The van der Waals surface area contributed by atoms with Gasteiger partial charge in [0.2, 0.25) is 17.7 Å². The number of hydrogen-bond donors (Lipinski definition) is 1. The van der Waals surface area contributed by atoms with Crippen molar-refractivity contribution in [2.45, 2.75) is 18.6 Å². The lowest BCUT2D eigenvalue weighted by molar-refractivity contribution is -0.121. The SMILES string of the molecule is Cc1ccccc1NC(=O)CSC1CC(=O)N(c2ccccc2)C1=O. The van der Waals surface area contributed by atoms with E-state index in [-0.39, 0.29) is 29.9 Å². The minimum Gasteiger partial charge on any atom is -0.325 e. The van der Waals surface area contributed by atoms with Crippen molar-refractivity contribution in [2.24, 2.45) is 0 Å². The molecule has 6 heteroatoms. The number of hydrogen-bond acceptors (Lipinski definition) is 4. The number of nitrogens with one attached hydrogen (secondary N) is 1. The molecule has 1 saturated heterocycles. The van der Waals surface area contributed by atoms with E-state index in [1.807, 2.05) is 37.3 Å². The number of aryl methyl sites for hydroxylation is 1. The third kappa shape index (κ3) is 3.91. The molecule has 25 heavy (non-hydrogen) atoms. The second kappa shape index (κ2) is 7.53. The third-order valence-electron chi connectivity index (χ3n) is 3.95. The summed E-state index contributed by atoms with van der Waals surface area (Å²) in [6.07, 6.45) is 0.121. The van der Waals surface area contributed by atoms with Crippen LogP contribution in [0.5, 0.6) is 0 Å². The van der Waals surface area contributed by atoms with Gasteiger partial charge in [0, 0.05) is 12.1 Å². The Hall–Kier alpha value is -2.60. The minimum absolute atomic E-state index is 0.121. The van der Waals surface area contributed by atoms with Crippen LogP contribution in [0.4, 0.5) is 11.4 Å². The molecular formula is C19H18N2O3S. The number of thioether (sulfide) groups is 1. The molecule has 5 nitrogen and oxygen atoms in total. The summed E-state index contributed by atoms with van der Waals surface area (Å²) in [7, 11) is 0. The maximum atomic E-state index is 12.5. The molecule has 1 heterocycles. The van der Waals surface area contributed by atoms with Crippen molar-refractivity contribution < 1.29 is 14.4 Å². The van der Waals surface area contributed by atoms with Crippen LogP contribution in [0, 0.1) is 6.92 Å². The van der Waals surface area contributed by atoms with Crippen LogP contribution < -0.4 is 10.2 Å². The average Bonchev–Trinajstić information content (AvgIpc) is 2.89. The predicted octanol–water partition coefficient (Wildman–Crippen LogP) is 3.00. The Balaban J connectivity index is 1.59. The molecule has 0 spiro atoms. The van der Waals surface area contributed by atoms with Crippen molar-refractivity contribution in [3.8, 4) is 0 Å². The van der Waals surface area contributed by atoms with E-state index in [4.69, 9.17) is 0 Å². The molecule has 1 aliphatic heterocycles. The fraction of sp³-hybridized carbons (Fsp3) is 0.211. The molecule has 1 aliphatic rings. The topological polar surface area (TPSA) is 66.5 Å². The lowest BCUT2D eigenvalue weighted by Gasteiger charge is -2.14. The molecule has 1 atom stereocenters. The first-order chi connectivity index (χ1) is 12.1. The van der Waals surface area contributed by atoms with Crippen LogP contribution in [-0.4, -0.2) is 28.7 Å². The van der Waals surface area contributed by atoms with Crippen LogP contribution in [-0.2, 0) is 14.4 Å². The lowest BCUT2D eigenvalue weighted by Crippen LogP contribution is -2.31. The van der Waals surface area contributed by atoms with Gasteiger partial charge in [0.05, 0.1) is 16.7 Å². The van der Waals surface area contributed by atoms with Crippen molar-refractivity contribution in [2.75, 3.05) is 16.0 Å². The van der Waals surface area contributed by atoms with Gasteiger partial charge in [-0.15, -0.1) is 11.8 Å². The molecule has 0 aromatic heterocycles. The fourth-order valence-corrected chi connectivity index (χ4v) is 3.59. The Bertz CT molecular complexity index is 807. The smallest absolute Gasteiger partial charge is 0.247 e. The van der Waals surface area contributed by atoms with Gasteiger partial charge in [-0.2, -0.15) is 0 Å². The number of carbonyl (C=O) groups is 3. The molecule has 1 fully saturated rings. The van der Waals surface area contributed by atoms with Crippen LogP contribution in [0.2, 0.25) is 0 Å². The van der Waals surface area contributed by atoms with Gasteiger partial charge in [-0.3, -0.25) is 14.4 Å². The zero-order chi connectivity index (χ0) is 17.8. The molecule has 1 unspecified atom stereocenters. The van der Waals surface area contributed by atoms with E-state index in [0.717, 1.165) is 11.3 Å².